The minimum atomic E-state index is -0.808. The number of fused-ring (bicyclic) bond motifs is 3. The van der Waals surface area contributed by atoms with Crippen LogP contribution in [0.25, 0.3) is 11.1 Å². The van der Waals surface area contributed by atoms with E-state index in [2.05, 4.69) is 34.9 Å². The van der Waals surface area contributed by atoms with Crippen molar-refractivity contribution >= 4 is 18.0 Å². The molecule has 0 radical (unpaired) electrons. The number of hydrogen-bond acceptors (Lipinski definition) is 4. The van der Waals surface area contributed by atoms with Crippen LogP contribution < -0.4 is 10.6 Å². The predicted molar refractivity (Wildman–Crippen MR) is 133 cm³/mol. The van der Waals surface area contributed by atoms with E-state index in [1.54, 1.807) is 0 Å². The lowest BCUT2D eigenvalue weighted by molar-refractivity contribution is -0.143. The quantitative estimate of drug-likeness (QED) is 0.490. The summed E-state index contributed by atoms with van der Waals surface area (Å²) in [5.41, 5.74) is 4.56. The summed E-state index contributed by atoms with van der Waals surface area (Å²) < 4.78 is 5.63. The van der Waals surface area contributed by atoms with Crippen molar-refractivity contribution in [2.45, 2.75) is 51.5 Å². The van der Waals surface area contributed by atoms with E-state index in [0.29, 0.717) is 19.4 Å². The predicted octanol–water partition coefficient (Wildman–Crippen LogP) is 4.56. The van der Waals surface area contributed by atoms with Gasteiger partial charge in [0.2, 0.25) is 5.91 Å². The number of ether oxygens (including phenoxy) is 1. The normalized spacial score (nSPS) is 20.4. The number of benzene rings is 2. The molecule has 2 aliphatic carbocycles. The summed E-state index contributed by atoms with van der Waals surface area (Å²) >= 11 is 0. The van der Waals surface area contributed by atoms with E-state index in [1.165, 1.54) is 0 Å². The van der Waals surface area contributed by atoms with Gasteiger partial charge in [-0.3, -0.25) is 9.59 Å². The van der Waals surface area contributed by atoms with Gasteiger partial charge in [0, 0.05) is 12.5 Å². The Labute approximate surface area is 206 Å². The van der Waals surface area contributed by atoms with E-state index in [9.17, 15) is 19.5 Å². The molecule has 2 amide bonds. The van der Waals surface area contributed by atoms with Crippen molar-refractivity contribution in [3.8, 4) is 11.1 Å². The first-order valence-corrected chi connectivity index (χ1v) is 12.5. The number of carboxylic acid groups (broad SMARTS) is 1. The summed E-state index contributed by atoms with van der Waals surface area (Å²) in [4.78, 5) is 37.2. The van der Waals surface area contributed by atoms with E-state index in [-0.39, 0.29) is 30.3 Å². The molecule has 1 saturated carbocycles. The Hall–Kier alpha value is -3.35. The maximum Gasteiger partial charge on any atom is 0.407 e. The average molecular weight is 479 g/mol. The molecule has 7 heteroatoms. The molecule has 1 fully saturated rings. The number of alkyl carbamates (subject to hydrolysis) is 1. The van der Waals surface area contributed by atoms with Crippen molar-refractivity contribution in [2.24, 2.45) is 17.8 Å². The summed E-state index contributed by atoms with van der Waals surface area (Å²) in [5, 5.41) is 15.0. The topological polar surface area (TPSA) is 105 Å². The first kappa shape index (κ1) is 24.8. The molecule has 186 valence electrons. The number of hydrogen-bond donors (Lipinski definition) is 3. The SMILES string of the molecule is CC[C@H](C)[C@H](NC(=O)OCC1c2ccccc2-c2ccccc21)C(=O)NC[C@@H]1CCC[C@@H]1C(=O)O. The van der Waals surface area contributed by atoms with Crippen LogP contribution in [-0.2, 0) is 14.3 Å². The van der Waals surface area contributed by atoms with Crippen molar-refractivity contribution in [3.05, 3.63) is 59.7 Å². The molecule has 0 spiro atoms. The van der Waals surface area contributed by atoms with Gasteiger partial charge in [0.1, 0.15) is 12.6 Å². The van der Waals surface area contributed by atoms with Gasteiger partial charge in [0.15, 0.2) is 0 Å². The minimum Gasteiger partial charge on any atom is -0.481 e. The summed E-state index contributed by atoms with van der Waals surface area (Å²) in [5.74, 6) is -1.77. The largest absolute Gasteiger partial charge is 0.481 e. The second-order valence-corrected chi connectivity index (χ2v) is 9.71. The van der Waals surface area contributed by atoms with E-state index in [4.69, 9.17) is 4.74 Å². The van der Waals surface area contributed by atoms with Gasteiger partial charge < -0.3 is 20.5 Å². The second kappa shape index (κ2) is 10.9. The van der Waals surface area contributed by atoms with E-state index >= 15 is 0 Å². The highest BCUT2D eigenvalue weighted by Crippen LogP contribution is 2.44. The second-order valence-electron chi connectivity index (χ2n) is 9.71. The fourth-order valence-corrected chi connectivity index (χ4v) is 5.42. The molecule has 7 nitrogen and oxygen atoms in total. The molecule has 4 atom stereocenters. The third-order valence-electron chi connectivity index (χ3n) is 7.63. The van der Waals surface area contributed by atoms with Gasteiger partial charge in [0.25, 0.3) is 0 Å². The number of carboxylic acids is 1. The van der Waals surface area contributed by atoms with Crippen molar-refractivity contribution in [2.75, 3.05) is 13.2 Å². The van der Waals surface area contributed by atoms with E-state index < -0.39 is 24.0 Å². The number of rotatable bonds is 9. The number of carbonyl (C=O) groups excluding carboxylic acids is 2. The van der Waals surface area contributed by atoms with Crippen LogP contribution >= 0.6 is 0 Å². The molecule has 35 heavy (non-hydrogen) atoms. The Balaban J connectivity index is 1.37. The van der Waals surface area contributed by atoms with Crippen molar-refractivity contribution in [1.82, 2.24) is 10.6 Å². The van der Waals surface area contributed by atoms with Crippen LogP contribution in [0.3, 0.4) is 0 Å². The van der Waals surface area contributed by atoms with Crippen LogP contribution in [0, 0.1) is 17.8 Å². The van der Waals surface area contributed by atoms with Crippen molar-refractivity contribution in [3.63, 3.8) is 0 Å². The van der Waals surface area contributed by atoms with Crippen molar-refractivity contribution < 1.29 is 24.2 Å². The average Bonchev–Trinajstić information content (AvgIpc) is 3.47. The van der Waals surface area contributed by atoms with Gasteiger partial charge >= 0.3 is 12.1 Å². The molecule has 0 heterocycles. The summed E-state index contributed by atoms with van der Waals surface area (Å²) in [6, 6.07) is 15.5. The zero-order valence-electron chi connectivity index (χ0n) is 20.3. The first-order chi connectivity index (χ1) is 16.9. The lowest BCUT2D eigenvalue weighted by Gasteiger charge is -2.25. The number of amides is 2. The molecule has 4 rings (SSSR count). The third kappa shape index (κ3) is 5.34. The highest BCUT2D eigenvalue weighted by atomic mass is 16.5. The maximum absolute atomic E-state index is 13.0. The molecule has 0 saturated heterocycles. The van der Waals surface area contributed by atoms with Gasteiger partial charge in [-0.15, -0.1) is 0 Å². The van der Waals surface area contributed by atoms with Gasteiger partial charge in [0.05, 0.1) is 5.92 Å². The number of aliphatic carboxylic acids is 1. The highest BCUT2D eigenvalue weighted by molar-refractivity contribution is 5.86. The Morgan fingerprint density at radius 3 is 2.26 bits per heavy atom. The number of carbonyl (C=O) groups is 3. The maximum atomic E-state index is 13.0. The van der Waals surface area contributed by atoms with Crippen LogP contribution in [0.4, 0.5) is 4.79 Å². The smallest absolute Gasteiger partial charge is 0.407 e. The fraction of sp³-hybridized carbons (Fsp3) is 0.464. The molecule has 2 aromatic rings. The standard InChI is InChI=1S/C28H34N2O5/c1-3-17(2)25(26(31)29-15-18-9-8-14-19(18)27(32)33)30-28(34)35-16-24-22-12-6-4-10-20(22)21-11-5-7-13-23(21)24/h4-7,10-13,17-19,24-25H,3,8-9,14-16H2,1-2H3,(H,29,31)(H,30,34)(H,32,33)/t17-,18-,19-,25-/m0/s1. The van der Waals surface area contributed by atoms with Gasteiger partial charge in [-0.25, -0.2) is 4.79 Å². The number of nitrogens with one attached hydrogen (secondary N) is 2. The zero-order chi connectivity index (χ0) is 24.9. The van der Waals surface area contributed by atoms with Gasteiger partial charge in [-0.1, -0.05) is 75.2 Å². The molecule has 0 unspecified atom stereocenters. The van der Waals surface area contributed by atoms with E-state index in [1.807, 2.05) is 38.1 Å². The first-order valence-electron chi connectivity index (χ1n) is 12.5. The van der Waals surface area contributed by atoms with Crippen LogP contribution in [-0.4, -0.2) is 42.3 Å². The molecule has 0 aliphatic heterocycles. The lowest BCUT2D eigenvalue weighted by Crippen LogP contribution is -2.51. The Bertz CT molecular complexity index is 1040. The Morgan fingerprint density at radius 1 is 1.03 bits per heavy atom. The third-order valence-corrected chi connectivity index (χ3v) is 7.63. The van der Waals surface area contributed by atoms with E-state index in [0.717, 1.165) is 35.1 Å². The molecule has 2 aliphatic rings. The molecular weight excluding hydrogens is 444 g/mol. The highest BCUT2D eigenvalue weighted by Gasteiger charge is 2.35. The summed E-state index contributed by atoms with van der Waals surface area (Å²) in [6.07, 6.45) is 2.34. The molecular formula is C28H34N2O5. The van der Waals surface area contributed by atoms with Crippen molar-refractivity contribution in [1.29, 1.82) is 0 Å². The molecule has 2 aromatic carbocycles. The van der Waals surface area contributed by atoms with Crippen LogP contribution in [0.5, 0.6) is 0 Å². The minimum absolute atomic E-state index is 0.0562. The fourth-order valence-electron chi connectivity index (χ4n) is 5.42. The molecule has 0 bridgehead atoms. The zero-order valence-corrected chi connectivity index (χ0v) is 20.3. The lowest BCUT2D eigenvalue weighted by atomic mass is 9.95. The van der Waals surface area contributed by atoms with Crippen LogP contribution in [0.1, 0.15) is 56.6 Å². The van der Waals surface area contributed by atoms with Gasteiger partial charge in [-0.2, -0.15) is 0 Å². The van der Waals surface area contributed by atoms with Crippen LogP contribution in [0.2, 0.25) is 0 Å². The summed E-state index contributed by atoms with van der Waals surface area (Å²) in [7, 11) is 0. The monoisotopic (exact) mass is 478 g/mol. The Morgan fingerprint density at radius 2 is 1.66 bits per heavy atom. The molecule has 0 aromatic heterocycles. The van der Waals surface area contributed by atoms with Crippen LogP contribution in [0.15, 0.2) is 48.5 Å². The summed E-state index contributed by atoms with van der Waals surface area (Å²) in [6.45, 7) is 4.34. The molecule has 3 N–H and O–H groups in total. The van der Waals surface area contributed by atoms with Gasteiger partial charge in [-0.05, 0) is 46.9 Å². The Kier molecular flexibility index (Phi) is 7.73.